The molecule has 2 N–H and O–H groups in total. The van der Waals surface area contributed by atoms with Crippen LogP contribution < -0.4 is 4.74 Å². The van der Waals surface area contributed by atoms with E-state index in [1.54, 1.807) is 13.0 Å². The molecule has 1 rings (SSSR count). The van der Waals surface area contributed by atoms with E-state index in [-0.39, 0.29) is 12.2 Å². The van der Waals surface area contributed by atoms with Crippen molar-refractivity contribution in [3.63, 3.8) is 0 Å². The molecule has 1 aromatic rings. The number of rotatable bonds is 7. The monoisotopic (exact) mass is 254 g/mol. The first-order valence-corrected chi connectivity index (χ1v) is 5.87. The van der Waals surface area contributed by atoms with Gasteiger partial charge >= 0.3 is 5.97 Å². The zero-order chi connectivity index (χ0) is 13.5. The van der Waals surface area contributed by atoms with Crippen LogP contribution >= 0.6 is 0 Å². The van der Waals surface area contributed by atoms with Crippen LogP contribution in [0.25, 0.3) is 0 Å². The maximum absolute atomic E-state index is 11.0. The zero-order valence-electron chi connectivity index (χ0n) is 10.5. The van der Waals surface area contributed by atoms with Crippen LogP contribution in [0.2, 0.25) is 0 Å². The molecule has 5 nitrogen and oxygen atoms in total. The Hall–Kier alpha value is -1.75. The van der Waals surface area contributed by atoms with Crippen molar-refractivity contribution in [1.82, 2.24) is 0 Å². The maximum Gasteiger partial charge on any atom is 0.333 e. The highest BCUT2D eigenvalue weighted by Gasteiger charge is 2.20. The molecule has 0 saturated carbocycles. The molecule has 1 unspecified atom stereocenters. The van der Waals surface area contributed by atoms with Gasteiger partial charge in [0.2, 0.25) is 0 Å². The molecule has 0 aliphatic heterocycles. The second kappa shape index (κ2) is 6.86. The van der Waals surface area contributed by atoms with E-state index in [1.165, 1.54) is 12.1 Å². The van der Waals surface area contributed by atoms with Crippen molar-refractivity contribution < 1.29 is 24.5 Å². The number of carboxylic acid groups (broad SMARTS) is 1. The lowest BCUT2D eigenvalue weighted by Crippen LogP contribution is -2.26. The normalized spacial score (nSPS) is 12.1. The van der Waals surface area contributed by atoms with Gasteiger partial charge in [-0.05, 0) is 25.5 Å². The maximum atomic E-state index is 11.0. The average Bonchev–Trinajstić information content (AvgIpc) is 2.31. The van der Waals surface area contributed by atoms with Gasteiger partial charge in [0, 0.05) is 19.1 Å². The highest BCUT2D eigenvalue weighted by molar-refractivity contribution is 5.73. The second-order valence-electron chi connectivity index (χ2n) is 3.71. The van der Waals surface area contributed by atoms with Crippen LogP contribution in [-0.2, 0) is 16.0 Å². The Morgan fingerprint density at radius 2 is 2.06 bits per heavy atom. The minimum atomic E-state index is -1.01. The number of phenolic OH excluding ortho intramolecular Hbond substituents is 1. The third-order valence-corrected chi connectivity index (χ3v) is 2.40. The second-order valence-corrected chi connectivity index (χ2v) is 3.71. The number of hydrogen-bond acceptors (Lipinski definition) is 4. The molecule has 1 atom stereocenters. The third kappa shape index (κ3) is 3.92. The van der Waals surface area contributed by atoms with Gasteiger partial charge in [0.15, 0.2) is 6.10 Å². The lowest BCUT2D eigenvalue weighted by Gasteiger charge is -2.15. The Balaban J connectivity index is 2.90. The van der Waals surface area contributed by atoms with Crippen LogP contribution in [0.1, 0.15) is 19.4 Å². The Bertz CT molecular complexity index is 402. The van der Waals surface area contributed by atoms with Crippen molar-refractivity contribution >= 4 is 5.97 Å². The van der Waals surface area contributed by atoms with Crippen molar-refractivity contribution in [2.75, 3.05) is 13.2 Å². The van der Waals surface area contributed by atoms with Gasteiger partial charge < -0.3 is 19.7 Å². The molecule has 18 heavy (non-hydrogen) atoms. The van der Waals surface area contributed by atoms with E-state index in [9.17, 15) is 9.90 Å². The van der Waals surface area contributed by atoms with Crippen LogP contribution in [-0.4, -0.2) is 35.5 Å². The number of benzene rings is 1. The van der Waals surface area contributed by atoms with E-state index >= 15 is 0 Å². The van der Waals surface area contributed by atoms with Crippen molar-refractivity contribution in [3.05, 3.63) is 23.8 Å². The van der Waals surface area contributed by atoms with Crippen molar-refractivity contribution in [2.45, 2.75) is 26.4 Å². The van der Waals surface area contributed by atoms with Crippen molar-refractivity contribution in [2.24, 2.45) is 0 Å². The number of ether oxygens (including phenoxy) is 2. The fourth-order valence-electron chi connectivity index (χ4n) is 1.62. The summed E-state index contributed by atoms with van der Waals surface area (Å²) in [6.07, 6.45) is -0.697. The molecule has 0 spiro atoms. The first-order chi connectivity index (χ1) is 8.58. The summed E-state index contributed by atoms with van der Waals surface area (Å²) in [4.78, 5) is 11.0. The van der Waals surface area contributed by atoms with Crippen LogP contribution in [0, 0.1) is 0 Å². The summed E-state index contributed by atoms with van der Waals surface area (Å²) in [6, 6.07) is 4.63. The number of aliphatic carboxylic acids is 1. The largest absolute Gasteiger partial charge is 0.508 e. The fraction of sp³-hybridized carbons (Fsp3) is 0.462. The van der Waals surface area contributed by atoms with E-state index in [1.807, 2.05) is 6.92 Å². The summed E-state index contributed by atoms with van der Waals surface area (Å²) < 4.78 is 10.5. The molecule has 5 heteroatoms. The number of aromatic hydroxyl groups is 1. The molecule has 0 aromatic heterocycles. The third-order valence-electron chi connectivity index (χ3n) is 2.40. The molecule has 100 valence electrons. The minimum absolute atomic E-state index is 0.0884. The molecule has 0 radical (unpaired) electrons. The quantitative estimate of drug-likeness (QED) is 0.776. The predicted octanol–water partition coefficient (Wildman–Crippen LogP) is 1.82. The van der Waals surface area contributed by atoms with Gasteiger partial charge in [-0.15, -0.1) is 0 Å². The topological polar surface area (TPSA) is 76.0 Å². The minimum Gasteiger partial charge on any atom is -0.508 e. The Morgan fingerprint density at radius 3 is 2.61 bits per heavy atom. The van der Waals surface area contributed by atoms with Crippen LogP contribution in [0.15, 0.2) is 18.2 Å². The van der Waals surface area contributed by atoms with Crippen molar-refractivity contribution in [3.8, 4) is 11.5 Å². The Labute approximate surface area is 106 Å². The van der Waals surface area contributed by atoms with Gasteiger partial charge in [-0.2, -0.15) is 0 Å². The van der Waals surface area contributed by atoms with Gasteiger partial charge in [0.25, 0.3) is 0 Å². The summed E-state index contributed by atoms with van der Waals surface area (Å²) in [7, 11) is 0. The van der Waals surface area contributed by atoms with Gasteiger partial charge in [-0.3, -0.25) is 0 Å². The highest BCUT2D eigenvalue weighted by atomic mass is 16.5. The molecular weight excluding hydrogens is 236 g/mol. The van der Waals surface area contributed by atoms with E-state index in [0.717, 1.165) is 0 Å². The molecule has 0 aliphatic carbocycles. The fourth-order valence-corrected chi connectivity index (χ4v) is 1.62. The van der Waals surface area contributed by atoms with E-state index in [0.29, 0.717) is 24.5 Å². The van der Waals surface area contributed by atoms with Gasteiger partial charge in [-0.25, -0.2) is 4.79 Å². The molecular formula is C13H18O5. The first-order valence-electron chi connectivity index (χ1n) is 5.87. The predicted molar refractivity (Wildman–Crippen MR) is 66.0 cm³/mol. The van der Waals surface area contributed by atoms with Crippen LogP contribution in [0.4, 0.5) is 0 Å². The first kappa shape index (κ1) is 14.3. The van der Waals surface area contributed by atoms with Gasteiger partial charge in [0.1, 0.15) is 11.5 Å². The molecule has 1 aromatic carbocycles. The molecule has 0 fully saturated rings. The summed E-state index contributed by atoms with van der Waals surface area (Å²) in [6.45, 7) is 4.35. The van der Waals surface area contributed by atoms with Crippen LogP contribution in [0.5, 0.6) is 11.5 Å². The van der Waals surface area contributed by atoms with Crippen LogP contribution in [0.3, 0.4) is 0 Å². The summed E-state index contributed by atoms with van der Waals surface area (Å²) in [5.41, 5.74) is 0.704. The van der Waals surface area contributed by atoms with Gasteiger partial charge in [-0.1, -0.05) is 6.07 Å². The van der Waals surface area contributed by atoms with E-state index in [2.05, 4.69) is 0 Å². The smallest absolute Gasteiger partial charge is 0.333 e. The zero-order valence-corrected chi connectivity index (χ0v) is 10.5. The highest BCUT2D eigenvalue weighted by Crippen LogP contribution is 2.25. The summed E-state index contributed by atoms with van der Waals surface area (Å²) in [5, 5.41) is 18.4. The van der Waals surface area contributed by atoms with Crippen molar-refractivity contribution in [1.29, 1.82) is 0 Å². The number of hydrogen-bond donors (Lipinski definition) is 2. The SMILES string of the molecule is CCOc1cc(O)ccc1CC(OCC)C(=O)O. The molecule has 0 amide bonds. The molecule has 0 bridgehead atoms. The van der Waals surface area contributed by atoms with E-state index < -0.39 is 12.1 Å². The Kier molecular flexibility index (Phi) is 5.45. The Morgan fingerprint density at radius 1 is 1.33 bits per heavy atom. The van der Waals surface area contributed by atoms with Gasteiger partial charge in [0.05, 0.1) is 6.61 Å². The standard InChI is InChI=1S/C13H18O5/c1-3-17-11-8-10(14)6-5-9(11)7-12(13(15)16)18-4-2/h5-6,8,12,14H,3-4,7H2,1-2H3,(H,15,16). The van der Waals surface area contributed by atoms with E-state index in [4.69, 9.17) is 14.6 Å². The molecule has 0 heterocycles. The molecule has 0 aliphatic rings. The summed E-state index contributed by atoms with van der Waals surface area (Å²) >= 11 is 0. The number of phenols is 1. The average molecular weight is 254 g/mol. The molecule has 0 saturated heterocycles. The lowest BCUT2D eigenvalue weighted by atomic mass is 10.1. The number of carboxylic acids is 1. The summed E-state index contributed by atoms with van der Waals surface area (Å²) in [5.74, 6) is -0.429. The lowest BCUT2D eigenvalue weighted by molar-refractivity contribution is -0.149. The number of carbonyl (C=O) groups is 1.